The third-order valence-electron chi connectivity index (χ3n) is 4.09. The Kier molecular flexibility index (Phi) is 7.56. The van der Waals surface area contributed by atoms with Crippen molar-refractivity contribution in [3.05, 3.63) is 69.4 Å². The lowest BCUT2D eigenvalue weighted by atomic mass is 10.2. The molecule has 3 aromatic rings. The van der Waals surface area contributed by atoms with E-state index < -0.39 is 5.91 Å². The van der Waals surface area contributed by atoms with Gasteiger partial charge in [0.05, 0.1) is 20.8 Å². The lowest BCUT2D eigenvalue weighted by molar-refractivity contribution is -0.115. The molecule has 0 saturated carbocycles. The van der Waals surface area contributed by atoms with E-state index in [1.54, 1.807) is 49.4 Å². The molecule has 0 atom stereocenters. The molecule has 0 bridgehead atoms. The largest absolute Gasteiger partial charge is 0.451 e. The first-order valence-electron chi connectivity index (χ1n) is 9.04. The minimum Gasteiger partial charge on any atom is -0.451 e. The summed E-state index contributed by atoms with van der Waals surface area (Å²) in [6.45, 7) is 1.75. The molecule has 0 radical (unpaired) electrons. The molecule has 0 saturated heterocycles. The monoisotopic (exact) mass is 495 g/mol. The second-order valence-corrected chi connectivity index (χ2v) is 7.87. The summed E-state index contributed by atoms with van der Waals surface area (Å²) in [5.74, 6) is -0.282. The maximum absolute atomic E-state index is 12.5. The molecule has 2 aromatic carbocycles. The number of hydrogen-bond donors (Lipinski definition) is 3. The van der Waals surface area contributed by atoms with Crippen molar-refractivity contribution < 1.29 is 14.0 Å². The predicted octanol–water partition coefficient (Wildman–Crippen LogP) is 6.38. The van der Waals surface area contributed by atoms with E-state index in [0.717, 1.165) is 0 Å². The highest BCUT2D eigenvalue weighted by Gasteiger charge is 2.16. The Balaban J connectivity index is 1.68. The van der Waals surface area contributed by atoms with Crippen molar-refractivity contribution in [2.45, 2.75) is 13.3 Å². The maximum Gasteiger partial charge on any atom is 0.293 e. The Morgan fingerprint density at radius 2 is 1.77 bits per heavy atom. The van der Waals surface area contributed by atoms with E-state index in [1.807, 2.05) is 0 Å². The van der Waals surface area contributed by atoms with Gasteiger partial charge in [0, 0.05) is 17.7 Å². The van der Waals surface area contributed by atoms with Gasteiger partial charge in [0.2, 0.25) is 5.91 Å². The molecule has 0 aliphatic heterocycles. The molecule has 1 aromatic heterocycles. The minimum atomic E-state index is -0.562. The Morgan fingerprint density at radius 1 is 1.00 bits per heavy atom. The molecule has 6 nitrogen and oxygen atoms in total. The highest BCUT2D eigenvalue weighted by Crippen LogP contribution is 2.34. The fourth-order valence-corrected chi connectivity index (χ4v) is 3.33. The van der Waals surface area contributed by atoms with E-state index in [-0.39, 0.29) is 16.8 Å². The third-order valence-corrected chi connectivity index (χ3v) is 5.45. The number of thiocarbonyl (C=S) groups is 1. The van der Waals surface area contributed by atoms with Gasteiger partial charge in [-0.15, -0.1) is 0 Å². The summed E-state index contributed by atoms with van der Waals surface area (Å²) in [4.78, 5) is 24.1. The summed E-state index contributed by atoms with van der Waals surface area (Å²) < 4.78 is 5.60. The standard InChI is InChI=1S/C21H16Cl3N3O3S/c1-2-18(28)25-11-6-7-13(22)15(10-11)26-21(31)27-20(29)17-9-8-16(30-17)12-4-3-5-14(23)19(12)24/h3-10H,2H2,1H3,(H,25,28)(H2,26,27,29,31). The molecule has 0 unspecified atom stereocenters. The van der Waals surface area contributed by atoms with Crippen LogP contribution in [-0.2, 0) is 4.79 Å². The van der Waals surface area contributed by atoms with Crippen molar-refractivity contribution >= 4 is 75.3 Å². The summed E-state index contributed by atoms with van der Waals surface area (Å²) in [6.07, 6.45) is 0.339. The normalized spacial score (nSPS) is 10.5. The zero-order valence-corrected chi connectivity index (χ0v) is 19.2. The van der Waals surface area contributed by atoms with Gasteiger partial charge in [-0.1, -0.05) is 47.8 Å². The number of rotatable bonds is 5. The van der Waals surface area contributed by atoms with Crippen LogP contribution in [0.4, 0.5) is 11.4 Å². The number of amides is 2. The van der Waals surface area contributed by atoms with Crippen LogP contribution in [-0.4, -0.2) is 16.9 Å². The molecule has 2 amide bonds. The van der Waals surface area contributed by atoms with E-state index >= 15 is 0 Å². The molecule has 10 heteroatoms. The highest BCUT2D eigenvalue weighted by molar-refractivity contribution is 7.80. The summed E-state index contributed by atoms with van der Waals surface area (Å²) in [6, 6.07) is 13.1. The average Bonchev–Trinajstić information content (AvgIpc) is 3.22. The van der Waals surface area contributed by atoms with Gasteiger partial charge < -0.3 is 15.1 Å². The number of furan rings is 1. The second-order valence-electron chi connectivity index (χ2n) is 6.27. The van der Waals surface area contributed by atoms with E-state index in [9.17, 15) is 9.59 Å². The summed E-state index contributed by atoms with van der Waals surface area (Å²) in [7, 11) is 0. The maximum atomic E-state index is 12.5. The molecule has 3 N–H and O–H groups in total. The van der Waals surface area contributed by atoms with Crippen LogP contribution >= 0.6 is 47.0 Å². The first kappa shape index (κ1) is 23.1. The fourth-order valence-electron chi connectivity index (χ4n) is 2.57. The number of hydrogen-bond acceptors (Lipinski definition) is 4. The number of carbonyl (C=O) groups excluding carboxylic acids is 2. The lowest BCUT2D eigenvalue weighted by Crippen LogP contribution is -2.34. The van der Waals surface area contributed by atoms with Crippen LogP contribution in [0.3, 0.4) is 0 Å². The minimum absolute atomic E-state index is 0.00426. The van der Waals surface area contributed by atoms with Gasteiger partial charge in [0.1, 0.15) is 5.76 Å². The second kappa shape index (κ2) is 10.2. The van der Waals surface area contributed by atoms with Gasteiger partial charge in [0.15, 0.2) is 10.9 Å². The zero-order chi connectivity index (χ0) is 22.5. The van der Waals surface area contributed by atoms with Gasteiger partial charge in [-0.25, -0.2) is 0 Å². The van der Waals surface area contributed by atoms with E-state index in [4.69, 9.17) is 51.4 Å². The topological polar surface area (TPSA) is 83.4 Å². The first-order chi connectivity index (χ1) is 14.8. The SMILES string of the molecule is CCC(=O)Nc1ccc(Cl)c(NC(=S)NC(=O)c2ccc(-c3cccc(Cl)c3Cl)o2)c1. The van der Waals surface area contributed by atoms with Crippen LogP contribution in [0.2, 0.25) is 15.1 Å². The molecule has 0 spiro atoms. The number of carbonyl (C=O) groups is 2. The van der Waals surface area contributed by atoms with Gasteiger partial charge in [-0.3, -0.25) is 14.9 Å². The Bertz CT molecular complexity index is 1160. The van der Waals surface area contributed by atoms with Gasteiger partial charge in [-0.2, -0.15) is 0 Å². The number of halogens is 3. The van der Waals surface area contributed by atoms with Gasteiger partial charge in [0.25, 0.3) is 5.91 Å². The lowest BCUT2D eigenvalue weighted by Gasteiger charge is -2.12. The summed E-state index contributed by atoms with van der Waals surface area (Å²) in [5, 5.41) is 9.14. The average molecular weight is 497 g/mol. The fraction of sp³-hybridized carbons (Fsp3) is 0.0952. The van der Waals surface area contributed by atoms with E-state index in [0.29, 0.717) is 44.2 Å². The zero-order valence-electron chi connectivity index (χ0n) is 16.1. The smallest absolute Gasteiger partial charge is 0.293 e. The van der Waals surface area contributed by atoms with Crippen molar-refractivity contribution in [3.8, 4) is 11.3 Å². The Labute approximate surface area is 198 Å². The molecule has 1 heterocycles. The van der Waals surface area contributed by atoms with Gasteiger partial charge in [-0.05, 0) is 54.7 Å². The van der Waals surface area contributed by atoms with Crippen LogP contribution < -0.4 is 16.0 Å². The van der Waals surface area contributed by atoms with Crippen LogP contribution in [0.5, 0.6) is 0 Å². The van der Waals surface area contributed by atoms with Crippen LogP contribution in [0.15, 0.2) is 52.9 Å². The quantitative estimate of drug-likeness (QED) is 0.357. The molecule has 0 aliphatic rings. The molecular weight excluding hydrogens is 481 g/mol. The van der Waals surface area contributed by atoms with Crippen molar-refractivity contribution in [2.24, 2.45) is 0 Å². The van der Waals surface area contributed by atoms with E-state index in [1.165, 1.54) is 6.07 Å². The Morgan fingerprint density at radius 3 is 2.52 bits per heavy atom. The van der Waals surface area contributed by atoms with Gasteiger partial charge >= 0.3 is 0 Å². The molecule has 0 fully saturated rings. The molecule has 160 valence electrons. The molecule has 3 rings (SSSR count). The summed E-state index contributed by atoms with van der Waals surface area (Å²) in [5.41, 5.74) is 1.53. The predicted molar refractivity (Wildman–Crippen MR) is 128 cm³/mol. The first-order valence-corrected chi connectivity index (χ1v) is 10.6. The van der Waals surface area contributed by atoms with Crippen molar-refractivity contribution in [1.29, 1.82) is 0 Å². The van der Waals surface area contributed by atoms with Crippen LogP contribution in [0, 0.1) is 0 Å². The number of nitrogens with one attached hydrogen (secondary N) is 3. The van der Waals surface area contributed by atoms with Crippen LogP contribution in [0.25, 0.3) is 11.3 Å². The number of benzene rings is 2. The van der Waals surface area contributed by atoms with Crippen molar-refractivity contribution in [2.75, 3.05) is 10.6 Å². The molecule has 31 heavy (non-hydrogen) atoms. The highest BCUT2D eigenvalue weighted by atomic mass is 35.5. The summed E-state index contributed by atoms with van der Waals surface area (Å²) >= 11 is 23.6. The van der Waals surface area contributed by atoms with Crippen LogP contribution in [0.1, 0.15) is 23.9 Å². The number of anilines is 2. The third kappa shape index (κ3) is 5.77. The molecule has 0 aliphatic carbocycles. The van der Waals surface area contributed by atoms with Crippen molar-refractivity contribution in [3.63, 3.8) is 0 Å². The van der Waals surface area contributed by atoms with Crippen molar-refractivity contribution in [1.82, 2.24) is 5.32 Å². The Hall–Kier alpha value is -2.58. The van der Waals surface area contributed by atoms with E-state index in [2.05, 4.69) is 16.0 Å². The molecular formula is C21H16Cl3N3O3S.